The molecule has 0 atom stereocenters. The van der Waals surface area contributed by atoms with Crippen LogP contribution in [0.3, 0.4) is 0 Å². The summed E-state index contributed by atoms with van der Waals surface area (Å²) in [5, 5.41) is 3.03. The number of halogens is 1. The molecule has 0 saturated carbocycles. The van der Waals surface area contributed by atoms with E-state index in [4.69, 9.17) is 33.3 Å². The fraction of sp³-hybridized carbons (Fsp3) is 0.182. The van der Waals surface area contributed by atoms with Crippen molar-refractivity contribution in [3.05, 3.63) is 64.7 Å². The third kappa shape index (κ3) is 5.68. The van der Waals surface area contributed by atoms with Gasteiger partial charge >= 0.3 is 5.97 Å². The second kappa shape index (κ2) is 9.72. The number of anilines is 1. The number of carbonyl (C=O) groups excluding carboxylic acids is 3. The van der Waals surface area contributed by atoms with Gasteiger partial charge in [-0.05, 0) is 74.1 Å². The third-order valence-corrected chi connectivity index (χ3v) is 4.64. The molecule has 1 fully saturated rings. The Morgan fingerprint density at radius 1 is 1.13 bits per heavy atom. The summed E-state index contributed by atoms with van der Waals surface area (Å²) < 4.78 is 10.4. The monoisotopic (exact) mass is 458 g/mol. The number of hydrogen-bond acceptors (Lipinski definition) is 6. The standard InChI is InChI=1S/C22H19ClN2O5S/c1-13(2)30-19(26)12-29-17-9-3-14(4-10-17)11-18-20(27)24-22(31)25(21(18)28)16-7-5-15(23)6-8-16/h3-11,13H,12H2,1-2H3,(H,24,27,31)/b18-11+. The van der Waals surface area contributed by atoms with Crippen molar-refractivity contribution in [3.63, 3.8) is 0 Å². The number of rotatable bonds is 6. The number of benzene rings is 2. The van der Waals surface area contributed by atoms with Crippen LogP contribution in [-0.4, -0.2) is 35.6 Å². The molecule has 2 amide bonds. The molecular weight excluding hydrogens is 440 g/mol. The summed E-state index contributed by atoms with van der Waals surface area (Å²) in [6.45, 7) is 3.29. The van der Waals surface area contributed by atoms with Gasteiger partial charge in [0.05, 0.1) is 11.8 Å². The smallest absolute Gasteiger partial charge is 0.344 e. The van der Waals surface area contributed by atoms with Gasteiger partial charge in [-0.15, -0.1) is 0 Å². The predicted molar refractivity (Wildman–Crippen MR) is 121 cm³/mol. The molecule has 1 saturated heterocycles. The summed E-state index contributed by atoms with van der Waals surface area (Å²) in [6, 6.07) is 13.1. The first kappa shape index (κ1) is 22.5. The van der Waals surface area contributed by atoms with Crippen LogP contribution in [0.15, 0.2) is 54.1 Å². The van der Waals surface area contributed by atoms with Crippen molar-refractivity contribution < 1.29 is 23.9 Å². The lowest BCUT2D eigenvalue weighted by Gasteiger charge is -2.28. The Bertz CT molecular complexity index is 1050. The first-order valence-corrected chi connectivity index (χ1v) is 10.1. The van der Waals surface area contributed by atoms with Crippen LogP contribution in [0.25, 0.3) is 6.08 Å². The highest BCUT2D eigenvalue weighted by Gasteiger charge is 2.34. The minimum absolute atomic E-state index is 0.00787. The van der Waals surface area contributed by atoms with Crippen molar-refractivity contribution in [3.8, 4) is 5.75 Å². The molecule has 0 spiro atoms. The van der Waals surface area contributed by atoms with Crippen LogP contribution in [0.1, 0.15) is 19.4 Å². The average molecular weight is 459 g/mol. The van der Waals surface area contributed by atoms with E-state index in [1.54, 1.807) is 62.4 Å². The van der Waals surface area contributed by atoms with Crippen LogP contribution >= 0.6 is 23.8 Å². The Hall–Kier alpha value is -3.23. The van der Waals surface area contributed by atoms with Gasteiger partial charge in [-0.25, -0.2) is 4.79 Å². The molecule has 2 aromatic rings. The van der Waals surface area contributed by atoms with E-state index in [1.807, 2.05) is 0 Å². The molecule has 0 aromatic heterocycles. The Labute approximate surface area is 189 Å². The molecule has 9 heteroatoms. The van der Waals surface area contributed by atoms with E-state index in [-0.39, 0.29) is 23.4 Å². The second-order valence-corrected chi connectivity index (χ2v) is 7.65. The van der Waals surface area contributed by atoms with Gasteiger partial charge in [0.2, 0.25) is 0 Å². The van der Waals surface area contributed by atoms with Crippen LogP contribution in [0, 0.1) is 0 Å². The maximum atomic E-state index is 13.0. The molecule has 0 radical (unpaired) electrons. The van der Waals surface area contributed by atoms with Crippen molar-refractivity contribution in [1.29, 1.82) is 0 Å². The minimum Gasteiger partial charge on any atom is -0.482 e. The van der Waals surface area contributed by atoms with Gasteiger partial charge in [0.15, 0.2) is 11.7 Å². The van der Waals surface area contributed by atoms with Gasteiger partial charge in [0, 0.05) is 5.02 Å². The zero-order chi connectivity index (χ0) is 22.5. The molecule has 0 unspecified atom stereocenters. The van der Waals surface area contributed by atoms with Crippen LogP contribution in [-0.2, 0) is 19.1 Å². The second-order valence-electron chi connectivity index (χ2n) is 6.83. The molecule has 7 nitrogen and oxygen atoms in total. The Morgan fingerprint density at radius 3 is 2.39 bits per heavy atom. The summed E-state index contributed by atoms with van der Waals surface area (Å²) in [5.74, 6) is -1.15. The molecule has 1 N–H and O–H groups in total. The summed E-state index contributed by atoms with van der Waals surface area (Å²) in [7, 11) is 0. The van der Waals surface area contributed by atoms with E-state index in [0.717, 1.165) is 0 Å². The predicted octanol–water partition coefficient (Wildman–Crippen LogP) is 3.50. The summed E-state index contributed by atoms with van der Waals surface area (Å²) in [4.78, 5) is 38.1. The number of hydrogen-bond donors (Lipinski definition) is 1. The lowest BCUT2D eigenvalue weighted by molar-refractivity contribution is -0.149. The molecule has 160 valence electrons. The molecular formula is C22H19ClN2O5S. The van der Waals surface area contributed by atoms with Gasteiger partial charge < -0.3 is 9.47 Å². The lowest BCUT2D eigenvalue weighted by atomic mass is 10.1. The Kier molecular flexibility index (Phi) is 7.04. The summed E-state index contributed by atoms with van der Waals surface area (Å²) >= 11 is 11.1. The molecule has 31 heavy (non-hydrogen) atoms. The number of nitrogens with one attached hydrogen (secondary N) is 1. The average Bonchev–Trinajstić information content (AvgIpc) is 2.71. The number of esters is 1. The first-order valence-electron chi connectivity index (χ1n) is 9.34. The highest BCUT2D eigenvalue weighted by Crippen LogP contribution is 2.24. The van der Waals surface area contributed by atoms with Crippen LogP contribution in [0.4, 0.5) is 5.69 Å². The van der Waals surface area contributed by atoms with E-state index in [0.29, 0.717) is 22.0 Å². The largest absolute Gasteiger partial charge is 0.482 e. The Morgan fingerprint density at radius 2 is 1.77 bits per heavy atom. The lowest BCUT2D eigenvalue weighted by Crippen LogP contribution is -2.54. The zero-order valence-corrected chi connectivity index (χ0v) is 18.3. The third-order valence-electron chi connectivity index (χ3n) is 4.10. The number of nitrogens with zero attached hydrogens (tertiary/aromatic N) is 1. The van der Waals surface area contributed by atoms with E-state index < -0.39 is 17.8 Å². The molecule has 0 bridgehead atoms. The fourth-order valence-electron chi connectivity index (χ4n) is 2.75. The van der Waals surface area contributed by atoms with Crippen molar-refractivity contribution in [2.75, 3.05) is 11.5 Å². The normalized spacial score (nSPS) is 15.3. The van der Waals surface area contributed by atoms with Crippen molar-refractivity contribution >= 4 is 58.5 Å². The number of ether oxygens (including phenoxy) is 2. The molecule has 0 aliphatic carbocycles. The number of carbonyl (C=O) groups is 3. The van der Waals surface area contributed by atoms with Gasteiger partial charge in [-0.3, -0.25) is 19.8 Å². The van der Waals surface area contributed by atoms with Crippen molar-refractivity contribution in [2.24, 2.45) is 0 Å². The Balaban J connectivity index is 1.76. The maximum Gasteiger partial charge on any atom is 0.344 e. The highest BCUT2D eigenvalue weighted by atomic mass is 35.5. The zero-order valence-electron chi connectivity index (χ0n) is 16.8. The molecule has 1 aliphatic heterocycles. The van der Waals surface area contributed by atoms with Crippen LogP contribution < -0.4 is 15.0 Å². The molecule has 2 aromatic carbocycles. The van der Waals surface area contributed by atoms with Crippen molar-refractivity contribution in [2.45, 2.75) is 20.0 Å². The van der Waals surface area contributed by atoms with E-state index >= 15 is 0 Å². The van der Waals surface area contributed by atoms with Crippen LogP contribution in [0.2, 0.25) is 5.02 Å². The summed E-state index contributed by atoms with van der Waals surface area (Å²) in [6.07, 6.45) is 1.24. The maximum absolute atomic E-state index is 13.0. The highest BCUT2D eigenvalue weighted by molar-refractivity contribution is 7.80. The SMILES string of the molecule is CC(C)OC(=O)COc1ccc(/C=C2\C(=O)NC(=S)N(c3ccc(Cl)cc3)C2=O)cc1. The van der Waals surface area contributed by atoms with Gasteiger partial charge in [0.1, 0.15) is 11.3 Å². The molecule has 3 rings (SSSR count). The van der Waals surface area contributed by atoms with Crippen molar-refractivity contribution in [1.82, 2.24) is 5.32 Å². The number of thiocarbonyl (C=S) groups is 1. The van der Waals surface area contributed by atoms with Gasteiger partial charge in [-0.1, -0.05) is 23.7 Å². The van der Waals surface area contributed by atoms with Gasteiger partial charge in [-0.2, -0.15) is 0 Å². The number of amides is 2. The van der Waals surface area contributed by atoms with E-state index in [1.165, 1.54) is 11.0 Å². The first-order chi connectivity index (χ1) is 14.7. The van der Waals surface area contributed by atoms with Gasteiger partial charge in [0.25, 0.3) is 11.8 Å². The molecule has 1 heterocycles. The van der Waals surface area contributed by atoms with E-state index in [2.05, 4.69) is 5.32 Å². The minimum atomic E-state index is -0.586. The topological polar surface area (TPSA) is 84.9 Å². The fourth-order valence-corrected chi connectivity index (χ4v) is 3.16. The van der Waals surface area contributed by atoms with Crippen LogP contribution in [0.5, 0.6) is 5.75 Å². The summed E-state index contributed by atoms with van der Waals surface area (Å²) in [5.41, 5.74) is 1.01. The quantitative estimate of drug-likeness (QED) is 0.308. The van der Waals surface area contributed by atoms with E-state index in [9.17, 15) is 14.4 Å². The molecule has 1 aliphatic rings.